The van der Waals surface area contributed by atoms with E-state index in [0.29, 0.717) is 0 Å². The molecule has 0 amide bonds. The molecule has 1 aromatic carbocycles. The zero-order valence-corrected chi connectivity index (χ0v) is 8.10. The lowest BCUT2D eigenvalue weighted by Crippen LogP contribution is -2.04. The van der Waals surface area contributed by atoms with Gasteiger partial charge in [0.25, 0.3) is 0 Å². The summed E-state index contributed by atoms with van der Waals surface area (Å²) in [6.07, 6.45) is 0. The lowest BCUT2D eigenvalue weighted by molar-refractivity contribution is 0.399. The van der Waals surface area contributed by atoms with E-state index in [1.807, 2.05) is 31.3 Å². The van der Waals surface area contributed by atoms with E-state index in [2.05, 4.69) is 5.32 Å². The van der Waals surface area contributed by atoms with E-state index in [1.165, 1.54) is 5.56 Å². The van der Waals surface area contributed by atoms with E-state index in [1.54, 1.807) is 0 Å². The van der Waals surface area contributed by atoms with Crippen molar-refractivity contribution >= 4 is 11.6 Å². The molecule has 0 saturated carbocycles. The number of hydrogen-bond donors (Lipinski definition) is 2. The minimum Gasteiger partial charge on any atom is -0.400 e. The molecule has 68 valence electrons. The first-order valence-corrected chi connectivity index (χ1v) is 4.04. The Balaban J connectivity index is 0.000000561. The Hall–Kier alpha value is -0.570. The molecule has 3 heteroatoms. The Morgan fingerprint density at radius 1 is 1.25 bits per heavy atom. The molecular weight excluding hydrogens is 174 g/mol. The third-order valence-electron chi connectivity index (χ3n) is 1.29. The molecule has 0 radical (unpaired) electrons. The lowest BCUT2D eigenvalue weighted by Gasteiger charge is -1.97. The fourth-order valence-electron chi connectivity index (χ4n) is 0.806. The van der Waals surface area contributed by atoms with E-state index in [4.69, 9.17) is 16.7 Å². The zero-order valence-electron chi connectivity index (χ0n) is 7.34. The van der Waals surface area contributed by atoms with Gasteiger partial charge in [-0.3, -0.25) is 0 Å². The third-order valence-corrected chi connectivity index (χ3v) is 1.55. The van der Waals surface area contributed by atoms with Crippen LogP contribution in [0, 0.1) is 0 Å². The molecule has 0 saturated heterocycles. The van der Waals surface area contributed by atoms with Gasteiger partial charge in [0.05, 0.1) is 0 Å². The summed E-state index contributed by atoms with van der Waals surface area (Å²) in [5.41, 5.74) is 1.26. The van der Waals surface area contributed by atoms with Crippen molar-refractivity contribution in [2.75, 3.05) is 14.2 Å². The molecule has 1 aromatic rings. The molecule has 0 fully saturated rings. The average Bonchev–Trinajstić information content (AvgIpc) is 2.13. The van der Waals surface area contributed by atoms with Gasteiger partial charge in [-0.15, -0.1) is 0 Å². The summed E-state index contributed by atoms with van der Waals surface area (Å²) < 4.78 is 0. The van der Waals surface area contributed by atoms with Gasteiger partial charge in [-0.25, -0.2) is 0 Å². The van der Waals surface area contributed by atoms with Crippen molar-refractivity contribution in [3.63, 3.8) is 0 Å². The van der Waals surface area contributed by atoms with Crippen molar-refractivity contribution < 1.29 is 5.11 Å². The van der Waals surface area contributed by atoms with Gasteiger partial charge in [-0.2, -0.15) is 0 Å². The molecule has 1 rings (SSSR count). The molecule has 2 nitrogen and oxygen atoms in total. The van der Waals surface area contributed by atoms with Gasteiger partial charge in [0.2, 0.25) is 0 Å². The number of rotatable bonds is 2. The summed E-state index contributed by atoms with van der Waals surface area (Å²) in [6, 6.07) is 7.82. The van der Waals surface area contributed by atoms with E-state index >= 15 is 0 Å². The summed E-state index contributed by atoms with van der Waals surface area (Å²) in [6.45, 7) is 0.900. The second-order valence-corrected chi connectivity index (χ2v) is 2.59. The zero-order chi connectivity index (χ0) is 9.40. The second kappa shape index (κ2) is 7.10. The Morgan fingerprint density at radius 2 is 1.75 bits per heavy atom. The van der Waals surface area contributed by atoms with Crippen molar-refractivity contribution in [2.24, 2.45) is 0 Å². The summed E-state index contributed by atoms with van der Waals surface area (Å²) in [7, 11) is 2.93. The number of halogens is 1. The Bertz CT molecular complexity index is 198. The number of nitrogens with one attached hydrogen (secondary N) is 1. The van der Waals surface area contributed by atoms with Crippen LogP contribution in [0.5, 0.6) is 0 Å². The number of benzene rings is 1. The molecule has 0 bridgehead atoms. The highest BCUT2D eigenvalue weighted by Gasteiger charge is 1.88. The van der Waals surface area contributed by atoms with Crippen molar-refractivity contribution in [1.29, 1.82) is 0 Å². The normalized spacial score (nSPS) is 8.67. The molecule has 0 aromatic heterocycles. The highest BCUT2D eigenvalue weighted by atomic mass is 35.5. The largest absolute Gasteiger partial charge is 0.400 e. The average molecular weight is 188 g/mol. The quantitative estimate of drug-likeness (QED) is 0.739. The Labute approximate surface area is 78.2 Å². The van der Waals surface area contributed by atoms with E-state index in [-0.39, 0.29) is 0 Å². The van der Waals surface area contributed by atoms with E-state index in [0.717, 1.165) is 18.7 Å². The van der Waals surface area contributed by atoms with Crippen LogP contribution in [-0.2, 0) is 6.54 Å². The molecule has 0 heterocycles. The maximum Gasteiger partial charge on any atom is 0.0406 e. The van der Waals surface area contributed by atoms with Crippen LogP contribution in [0.25, 0.3) is 0 Å². The van der Waals surface area contributed by atoms with Gasteiger partial charge in [0, 0.05) is 18.7 Å². The van der Waals surface area contributed by atoms with Crippen molar-refractivity contribution in [2.45, 2.75) is 6.54 Å². The predicted molar refractivity (Wildman–Crippen MR) is 52.4 cm³/mol. The molecule has 0 aliphatic rings. The smallest absolute Gasteiger partial charge is 0.0406 e. The molecule has 0 spiro atoms. The molecule has 0 aliphatic heterocycles. The van der Waals surface area contributed by atoms with Crippen LogP contribution in [0.3, 0.4) is 0 Å². The monoisotopic (exact) mass is 187 g/mol. The summed E-state index contributed by atoms with van der Waals surface area (Å²) in [4.78, 5) is 0. The number of hydrogen-bond acceptors (Lipinski definition) is 2. The van der Waals surface area contributed by atoms with Crippen molar-refractivity contribution in [1.82, 2.24) is 5.32 Å². The van der Waals surface area contributed by atoms with Crippen LogP contribution in [0.15, 0.2) is 24.3 Å². The molecule has 12 heavy (non-hydrogen) atoms. The van der Waals surface area contributed by atoms with Gasteiger partial charge in [-0.05, 0) is 24.7 Å². The van der Waals surface area contributed by atoms with Gasteiger partial charge in [0.15, 0.2) is 0 Å². The fourth-order valence-corrected chi connectivity index (χ4v) is 0.932. The fraction of sp³-hybridized carbons (Fsp3) is 0.333. The number of aliphatic hydroxyl groups is 1. The van der Waals surface area contributed by atoms with E-state index in [9.17, 15) is 0 Å². The van der Waals surface area contributed by atoms with Crippen LogP contribution in [0.4, 0.5) is 0 Å². The van der Waals surface area contributed by atoms with Crippen molar-refractivity contribution in [3.8, 4) is 0 Å². The van der Waals surface area contributed by atoms with Crippen LogP contribution >= 0.6 is 11.6 Å². The van der Waals surface area contributed by atoms with Gasteiger partial charge < -0.3 is 10.4 Å². The molecule has 0 unspecified atom stereocenters. The molecule has 2 N–H and O–H groups in total. The minimum absolute atomic E-state index is 0.792. The highest BCUT2D eigenvalue weighted by molar-refractivity contribution is 6.30. The molecular formula is C9H14ClNO. The summed E-state index contributed by atoms with van der Waals surface area (Å²) in [5, 5.41) is 10.9. The summed E-state index contributed by atoms with van der Waals surface area (Å²) in [5.74, 6) is 0. The molecule has 0 aliphatic carbocycles. The van der Waals surface area contributed by atoms with Crippen LogP contribution in [0.2, 0.25) is 5.02 Å². The maximum atomic E-state index is 7.00. The first-order chi connectivity index (χ1) is 5.83. The first-order valence-electron chi connectivity index (χ1n) is 3.66. The van der Waals surface area contributed by atoms with Gasteiger partial charge >= 0.3 is 0 Å². The second-order valence-electron chi connectivity index (χ2n) is 2.16. The van der Waals surface area contributed by atoms with Crippen LogP contribution < -0.4 is 5.32 Å². The van der Waals surface area contributed by atoms with Crippen LogP contribution in [0.1, 0.15) is 5.56 Å². The van der Waals surface area contributed by atoms with E-state index < -0.39 is 0 Å². The minimum atomic E-state index is 0.792. The Kier molecular flexibility index (Phi) is 6.76. The lowest BCUT2D eigenvalue weighted by atomic mass is 10.2. The standard InChI is InChI=1S/C8H10ClN.CH4O/c1-10-6-7-2-4-8(9)5-3-7;1-2/h2-5,10H,6H2,1H3;2H,1H3. The number of aliphatic hydroxyl groups excluding tert-OH is 1. The first kappa shape index (κ1) is 11.4. The summed E-state index contributed by atoms with van der Waals surface area (Å²) >= 11 is 5.69. The SMILES string of the molecule is CNCc1ccc(Cl)cc1.CO. The predicted octanol–water partition coefficient (Wildman–Crippen LogP) is 1.67. The van der Waals surface area contributed by atoms with Crippen LogP contribution in [-0.4, -0.2) is 19.3 Å². The highest BCUT2D eigenvalue weighted by Crippen LogP contribution is 2.08. The van der Waals surface area contributed by atoms with Gasteiger partial charge in [0.1, 0.15) is 0 Å². The third kappa shape index (κ3) is 4.34. The molecule has 0 atom stereocenters. The topological polar surface area (TPSA) is 32.3 Å². The Morgan fingerprint density at radius 3 is 2.17 bits per heavy atom. The maximum absolute atomic E-state index is 7.00. The van der Waals surface area contributed by atoms with Gasteiger partial charge in [-0.1, -0.05) is 23.7 Å². The van der Waals surface area contributed by atoms with Crippen molar-refractivity contribution in [3.05, 3.63) is 34.9 Å².